The number of nitrogens with zero attached hydrogens (tertiary/aromatic N) is 1. The van der Waals surface area contributed by atoms with Crippen molar-refractivity contribution < 1.29 is 18.9 Å². The van der Waals surface area contributed by atoms with E-state index in [9.17, 15) is 13.8 Å². The van der Waals surface area contributed by atoms with Gasteiger partial charge in [0.15, 0.2) is 0 Å². The average Bonchev–Trinajstić information content (AvgIpc) is 2.12. The Morgan fingerprint density at radius 3 is 2.50 bits per heavy atom. The van der Waals surface area contributed by atoms with Crippen LogP contribution in [-0.4, -0.2) is 57.9 Å². The fourth-order valence-electron chi connectivity index (χ4n) is 1.08. The van der Waals surface area contributed by atoms with Crippen LogP contribution in [0.4, 0.5) is 4.79 Å². The Labute approximate surface area is 97.5 Å². The molecular formula is C9H18N2O4S. The largest absolute Gasteiger partial charge is 0.481 e. The van der Waals surface area contributed by atoms with E-state index in [1.54, 1.807) is 13.2 Å². The predicted molar refractivity (Wildman–Crippen MR) is 61.8 cm³/mol. The summed E-state index contributed by atoms with van der Waals surface area (Å²) in [5, 5.41) is 11.1. The van der Waals surface area contributed by atoms with Gasteiger partial charge in [0.1, 0.15) is 0 Å². The molecule has 0 aromatic heterocycles. The Kier molecular flexibility index (Phi) is 6.71. The highest BCUT2D eigenvalue weighted by molar-refractivity contribution is 7.84. The van der Waals surface area contributed by atoms with E-state index in [0.29, 0.717) is 5.75 Å². The van der Waals surface area contributed by atoms with E-state index >= 15 is 0 Å². The predicted octanol–water partition coefficient (Wildman–Crippen LogP) is -0.130. The second kappa shape index (κ2) is 7.21. The van der Waals surface area contributed by atoms with Crippen LogP contribution in [0, 0.1) is 0 Å². The second-order valence-electron chi connectivity index (χ2n) is 3.66. The lowest BCUT2D eigenvalue weighted by atomic mass is 10.4. The summed E-state index contributed by atoms with van der Waals surface area (Å²) in [4.78, 5) is 23.1. The fraction of sp³-hybridized carbons (Fsp3) is 0.778. The molecule has 0 aromatic rings. The van der Waals surface area contributed by atoms with Crippen molar-refractivity contribution >= 4 is 22.8 Å². The van der Waals surface area contributed by atoms with Gasteiger partial charge < -0.3 is 15.3 Å². The van der Waals surface area contributed by atoms with E-state index in [4.69, 9.17) is 5.11 Å². The minimum absolute atomic E-state index is 0.0853. The van der Waals surface area contributed by atoms with E-state index in [-0.39, 0.29) is 25.0 Å². The van der Waals surface area contributed by atoms with Crippen LogP contribution in [0.15, 0.2) is 0 Å². The molecule has 16 heavy (non-hydrogen) atoms. The molecule has 0 radical (unpaired) electrons. The smallest absolute Gasteiger partial charge is 0.317 e. The number of urea groups is 1. The van der Waals surface area contributed by atoms with E-state index in [1.807, 2.05) is 0 Å². The summed E-state index contributed by atoms with van der Waals surface area (Å²) in [7, 11) is 0.558. The molecule has 0 heterocycles. The molecule has 0 aliphatic carbocycles. The molecule has 2 N–H and O–H groups in total. The molecule has 0 bridgehead atoms. The maximum Gasteiger partial charge on any atom is 0.317 e. The van der Waals surface area contributed by atoms with Crippen molar-refractivity contribution in [1.29, 1.82) is 0 Å². The monoisotopic (exact) mass is 250 g/mol. The summed E-state index contributed by atoms with van der Waals surface area (Å²) in [5.74, 6) is -0.555. The molecule has 94 valence electrons. The number of rotatable bonds is 6. The van der Waals surface area contributed by atoms with Gasteiger partial charge in [-0.2, -0.15) is 0 Å². The van der Waals surface area contributed by atoms with Crippen LogP contribution in [0.1, 0.15) is 13.3 Å². The number of hydrogen-bond acceptors (Lipinski definition) is 3. The molecule has 0 spiro atoms. The number of nitrogens with one attached hydrogen (secondary N) is 1. The quantitative estimate of drug-likeness (QED) is 0.687. The Morgan fingerprint density at radius 1 is 1.50 bits per heavy atom. The van der Waals surface area contributed by atoms with Gasteiger partial charge in [0.25, 0.3) is 0 Å². The molecule has 0 rings (SSSR count). The van der Waals surface area contributed by atoms with Crippen LogP contribution < -0.4 is 5.32 Å². The minimum Gasteiger partial charge on any atom is -0.481 e. The van der Waals surface area contributed by atoms with Gasteiger partial charge in [-0.25, -0.2) is 4.79 Å². The average molecular weight is 250 g/mol. The van der Waals surface area contributed by atoms with Gasteiger partial charge in [-0.15, -0.1) is 0 Å². The summed E-state index contributed by atoms with van der Waals surface area (Å²) < 4.78 is 10.9. The zero-order valence-electron chi connectivity index (χ0n) is 9.73. The Bertz CT molecular complexity index is 283. The van der Waals surface area contributed by atoms with Gasteiger partial charge in [0, 0.05) is 42.4 Å². The van der Waals surface area contributed by atoms with Crippen LogP contribution in [0.5, 0.6) is 0 Å². The van der Waals surface area contributed by atoms with E-state index in [0.717, 1.165) is 0 Å². The van der Waals surface area contributed by atoms with E-state index in [2.05, 4.69) is 5.32 Å². The fourth-order valence-corrected chi connectivity index (χ4v) is 1.87. The highest BCUT2D eigenvalue weighted by Crippen LogP contribution is 1.92. The maximum atomic E-state index is 11.5. The summed E-state index contributed by atoms with van der Waals surface area (Å²) in [6, 6.07) is -0.537. The Morgan fingerprint density at radius 2 is 2.06 bits per heavy atom. The van der Waals surface area contributed by atoms with Crippen molar-refractivity contribution in [3.63, 3.8) is 0 Å². The minimum atomic E-state index is -0.964. The number of amides is 2. The molecule has 0 aliphatic heterocycles. The highest BCUT2D eigenvalue weighted by Gasteiger charge is 2.13. The number of carboxylic acid groups (broad SMARTS) is 1. The SMILES string of the molecule is CC(CS(C)=O)NC(=O)N(C)CCC(=O)O. The first-order valence-electron chi connectivity index (χ1n) is 4.86. The van der Waals surface area contributed by atoms with Gasteiger partial charge in [-0.1, -0.05) is 0 Å². The molecule has 0 aliphatic rings. The van der Waals surface area contributed by atoms with Crippen molar-refractivity contribution in [2.75, 3.05) is 25.6 Å². The molecule has 0 saturated heterocycles. The summed E-state index contributed by atoms with van der Waals surface area (Å²) in [5.41, 5.74) is 0. The van der Waals surface area contributed by atoms with Crippen molar-refractivity contribution in [2.45, 2.75) is 19.4 Å². The lowest BCUT2D eigenvalue weighted by Gasteiger charge is -2.20. The van der Waals surface area contributed by atoms with Crippen molar-refractivity contribution in [2.24, 2.45) is 0 Å². The van der Waals surface area contributed by atoms with Crippen molar-refractivity contribution in [3.8, 4) is 0 Å². The first kappa shape index (κ1) is 14.9. The van der Waals surface area contributed by atoms with Gasteiger partial charge in [-0.05, 0) is 6.92 Å². The zero-order chi connectivity index (χ0) is 12.7. The lowest BCUT2D eigenvalue weighted by molar-refractivity contribution is -0.137. The first-order valence-corrected chi connectivity index (χ1v) is 6.59. The molecule has 2 amide bonds. The maximum absolute atomic E-state index is 11.5. The molecule has 2 unspecified atom stereocenters. The molecule has 7 heteroatoms. The highest BCUT2D eigenvalue weighted by atomic mass is 32.2. The number of hydrogen-bond donors (Lipinski definition) is 2. The standard InChI is InChI=1S/C9H18N2O4S/c1-7(6-16(3)15)10-9(14)11(2)5-4-8(12)13/h7H,4-6H2,1-3H3,(H,10,14)(H,12,13). The molecule has 2 atom stereocenters. The number of carbonyl (C=O) groups excluding carboxylic acids is 1. The Balaban J connectivity index is 3.95. The molecule has 0 fully saturated rings. The van der Waals surface area contributed by atoms with Gasteiger partial charge in [-0.3, -0.25) is 9.00 Å². The lowest BCUT2D eigenvalue weighted by Crippen LogP contribution is -2.44. The van der Waals surface area contributed by atoms with Crippen molar-refractivity contribution in [3.05, 3.63) is 0 Å². The normalized spacial score (nSPS) is 13.9. The van der Waals surface area contributed by atoms with Crippen molar-refractivity contribution in [1.82, 2.24) is 10.2 Å². The van der Waals surface area contributed by atoms with Gasteiger partial charge in [0.05, 0.1) is 6.42 Å². The third-order valence-corrected chi connectivity index (χ3v) is 2.83. The van der Waals surface area contributed by atoms with E-state index < -0.39 is 16.8 Å². The first-order chi connectivity index (χ1) is 7.32. The topological polar surface area (TPSA) is 86.7 Å². The number of carbonyl (C=O) groups is 2. The second-order valence-corrected chi connectivity index (χ2v) is 5.14. The molecule has 6 nitrogen and oxygen atoms in total. The molecular weight excluding hydrogens is 232 g/mol. The summed E-state index contributed by atoms with van der Waals surface area (Å²) in [6.07, 6.45) is 1.48. The van der Waals surface area contributed by atoms with Crippen LogP contribution in [0.2, 0.25) is 0 Å². The molecule has 0 aromatic carbocycles. The van der Waals surface area contributed by atoms with Gasteiger partial charge >= 0.3 is 12.0 Å². The molecule has 0 saturated carbocycles. The third kappa shape index (κ3) is 7.22. The van der Waals surface area contributed by atoms with Crippen LogP contribution in [0.25, 0.3) is 0 Å². The van der Waals surface area contributed by atoms with Crippen LogP contribution in [0.3, 0.4) is 0 Å². The zero-order valence-corrected chi connectivity index (χ0v) is 10.5. The third-order valence-electron chi connectivity index (χ3n) is 1.86. The number of carboxylic acids is 1. The van der Waals surface area contributed by atoms with Gasteiger partial charge in [0.2, 0.25) is 0 Å². The summed E-state index contributed by atoms with van der Waals surface area (Å²) >= 11 is 0. The van der Waals surface area contributed by atoms with E-state index in [1.165, 1.54) is 11.9 Å². The Hall–Kier alpha value is -1.11. The number of aliphatic carboxylic acids is 1. The van der Waals surface area contributed by atoms with Crippen LogP contribution >= 0.6 is 0 Å². The summed E-state index contributed by atoms with van der Waals surface area (Å²) in [6.45, 7) is 1.91. The van der Waals surface area contributed by atoms with Crippen LogP contribution in [-0.2, 0) is 15.6 Å².